The molecule has 1 aromatic heterocycles. The number of thioether (sulfide) groups is 1. The van der Waals surface area contributed by atoms with Crippen molar-refractivity contribution in [3.8, 4) is 22.9 Å². The van der Waals surface area contributed by atoms with Crippen molar-refractivity contribution >= 4 is 55.2 Å². The van der Waals surface area contributed by atoms with Crippen LogP contribution < -0.4 is 14.4 Å². The summed E-state index contributed by atoms with van der Waals surface area (Å²) in [5, 5.41) is 9.14. The maximum atomic E-state index is 12.8. The molecule has 2 heterocycles. The number of para-hydroxylation sites is 1. The zero-order valence-electron chi connectivity index (χ0n) is 16.9. The van der Waals surface area contributed by atoms with Crippen LogP contribution in [-0.2, 0) is 4.79 Å². The molecule has 0 saturated carbocycles. The molecule has 7 nitrogen and oxygen atoms in total. The molecule has 0 saturated heterocycles. The zero-order valence-corrected chi connectivity index (χ0v) is 20.9. The Morgan fingerprint density at radius 2 is 1.94 bits per heavy atom. The van der Waals surface area contributed by atoms with Gasteiger partial charge >= 0.3 is 0 Å². The van der Waals surface area contributed by atoms with Gasteiger partial charge in [0.25, 0.3) is 0 Å². The number of carbonyl (C=O) groups is 1. The lowest BCUT2D eigenvalue weighted by atomic mass is 10.1. The Morgan fingerprint density at radius 3 is 2.58 bits per heavy atom. The second-order valence-electron chi connectivity index (χ2n) is 6.58. The molecule has 1 unspecified atom stereocenters. The van der Waals surface area contributed by atoms with E-state index < -0.39 is 6.23 Å². The topological polar surface area (TPSA) is 77.4 Å². The highest BCUT2D eigenvalue weighted by Crippen LogP contribution is 2.45. The Labute approximate surface area is 200 Å². The van der Waals surface area contributed by atoms with Crippen molar-refractivity contribution in [3.63, 3.8) is 0 Å². The van der Waals surface area contributed by atoms with E-state index in [-0.39, 0.29) is 5.91 Å². The van der Waals surface area contributed by atoms with Crippen molar-refractivity contribution in [1.82, 2.24) is 15.2 Å². The number of anilines is 1. The average Bonchev–Trinajstić information content (AvgIpc) is 2.88. The van der Waals surface area contributed by atoms with Crippen molar-refractivity contribution < 1.29 is 14.3 Å². The van der Waals surface area contributed by atoms with Gasteiger partial charge in [-0.3, -0.25) is 9.69 Å². The second kappa shape index (κ2) is 9.13. The Kier molecular flexibility index (Phi) is 6.49. The number of benzene rings is 2. The first-order valence-electron chi connectivity index (χ1n) is 9.40. The minimum atomic E-state index is -0.769. The van der Waals surface area contributed by atoms with E-state index in [1.165, 1.54) is 18.7 Å². The van der Waals surface area contributed by atoms with E-state index in [0.717, 1.165) is 25.8 Å². The van der Waals surface area contributed by atoms with Gasteiger partial charge in [-0.05, 0) is 55.8 Å². The normalized spacial score (nSPS) is 14.9. The number of hydrogen-bond donors (Lipinski definition) is 0. The smallest absolute Gasteiger partial charge is 0.247 e. The van der Waals surface area contributed by atoms with E-state index >= 15 is 0 Å². The summed E-state index contributed by atoms with van der Waals surface area (Å²) in [7, 11) is 1.59. The van der Waals surface area contributed by atoms with Gasteiger partial charge in [0, 0.05) is 18.1 Å². The number of carbonyl (C=O) groups excluding carboxylic acids is 1. The fraction of sp³-hybridized carbons (Fsp3) is 0.238. The van der Waals surface area contributed by atoms with Gasteiger partial charge in [-0.2, -0.15) is 4.98 Å². The fourth-order valence-corrected chi connectivity index (χ4v) is 5.43. The molecule has 10 heteroatoms. The number of amides is 1. The Balaban J connectivity index is 1.95. The van der Waals surface area contributed by atoms with Crippen molar-refractivity contribution in [3.05, 3.63) is 50.9 Å². The molecule has 0 spiro atoms. The number of ether oxygens (including phenoxy) is 2. The lowest BCUT2D eigenvalue weighted by Gasteiger charge is -2.30. The highest BCUT2D eigenvalue weighted by atomic mass is 79.9. The first-order chi connectivity index (χ1) is 14.9. The van der Waals surface area contributed by atoms with Gasteiger partial charge in [0.2, 0.25) is 23.2 Å². The van der Waals surface area contributed by atoms with Crippen LogP contribution in [0.2, 0.25) is 0 Å². The molecular weight excluding hydrogens is 548 g/mol. The molecule has 2 aromatic carbocycles. The predicted molar refractivity (Wildman–Crippen MR) is 127 cm³/mol. The zero-order chi connectivity index (χ0) is 22.1. The summed E-state index contributed by atoms with van der Waals surface area (Å²) >= 11 is 8.56. The lowest BCUT2D eigenvalue weighted by molar-refractivity contribution is -0.118. The molecule has 1 aliphatic rings. The number of hydrogen-bond acceptors (Lipinski definition) is 7. The largest absolute Gasteiger partial charge is 0.494 e. The summed E-state index contributed by atoms with van der Waals surface area (Å²) in [5.41, 5.74) is 2.64. The SMILES string of the molecule is CCSc1nnc2c(n1)OC(c1cc(Br)c(OC)c(Br)c1)N(C(C)=O)c1ccccc1-2. The second-order valence-corrected chi connectivity index (χ2v) is 9.52. The van der Waals surface area contributed by atoms with Crippen molar-refractivity contribution in [2.24, 2.45) is 0 Å². The summed E-state index contributed by atoms with van der Waals surface area (Å²) < 4.78 is 13.2. The fourth-order valence-electron chi connectivity index (χ4n) is 3.38. The van der Waals surface area contributed by atoms with Gasteiger partial charge in [-0.25, -0.2) is 0 Å². The van der Waals surface area contributed by atoms with Crippen molar-refractivity contribution in [1.29, 1.82) is 0 Å². The monoisotopic (exact) mass is 564 g/mol. The van der Waals surface area contributed by atoms with Crippen LogP contribution in [0.4, 0.5) is 5.69 Å². The van der Waals surface area contributed by atoms with E-state index in [1.54, 1.807) is 12.0 Å². The van der Waals surface area contributed by atoms with Crippen LogP contribution in [0.15, 0.2) is 50.5 Å². The van der Waals surface area contributed by atoms with Crippen LogP contribution >= 0.6 is 43.6 Å². The summed E-state index contributed by atoms with van der Waals surface area (Å²) in [6.07, 6.45) is -0.769. The van der Waals surface area contributed by atoms with Crippen LogP contribution in [0.1, 0.15) is 25.6 Å². The Hall–Kier alpha value is -2.17. The Bertz CT molecular complexity index is 1140. The van der Waals surface area contributed by atoms with E-state index in [0.29, 0.717) is 28.2 Å². The average molecular weight is 566 g/mol. The number of rotatable bonds is 4. The number of halogens is 2. The van der Waals surface area contributed by atoms with Crippen LogP contribution in [0.25, 0.3) is 11.3 Å². The third-order valence-electron chi connectivity index (χ3n) is 4.63. The van der Waals surface area contributed by atoms with Crippen LogP contribution in [0.5, 0.6) is 11.6 Å². The molecule has 1 aliphatic heterocycles. The lowest BCUT2D eigenvalue weighted by Crippen LogP contribution is -2.36. The predicted octanol–water partition coefficient (Wildman–Crippen LogP) is 5.63. The van der Waals surface area contributed by atoms with Gasteiger partial charge in [0.05, 0.1) is 21.7 Å². The van der Waals surface area contributed by atoms with E-state index in [4.69, 9.17) is 9.47 Å². The molecule has 0 radical (unpaired) electrons. The first kappa shape index (κ1) is 22.0. The van der Waals surface area contributed by atoms with Crippen LogP contribution in [0.3, 0.4) is 0 Å². The molecule has 0 N–H and O–H groups in total. The number of nitrogens with zero attached hydrogens (tertiary/aromatic N) is 4. The molecule has 1 amide bonds. The maximum Gasteiger partial charge on any atom is 0.247 e. The summed E-state index contributed by atoms with van der Waals surface area (Å²) in [6.45, 7) is 3.52. The van der Waals surface area contributed by atoms with Crippen LogP contribution in [-0.4, -0.2) is 34.0 Å². The molecule has 3 aromatic rings. The third kappa shape index (κ3) is 4.16. The number of methoxy groups -OCH3 is 1. The van der Waals surface area contributed by atoms with Gasteiger partial charge in [0.1, 0.15) is 5.75 Å². The molecule has 1 atom stereocenters. The minimum Gasteiger partial charge on any atom is -0.494 e. The minimum absolute atomic E-state index is 0.176. The molecule has 31 heavy (non-hydrogen) atoms. The maximum absolute atomic E-state index is 12.8. The van der Waals surface area contributed by atoms with E-state index in [1.807, 2.05) is 43.3 Å². The van der Waals surface area contributed by atoms with Crippen LogP contribution in [0, 0.1) is 0 Å². The summed E-state index contributed by atoms with van der Waals surface area (Å²) in [5.74, 6) is 1.61. The molecule has 0 fully saturated rings. The van der Waals surface area contributed by atoms with Gasteiger partial charge in [0.15, 0.2) is 5.69 Å². The third-order valence-corrected chi connectivity index (χ3v) is 6.53. The van der Waals surface area contributed by atoms with Gasteiger partial charge in [-0.1, -0.05) is 36.9 Å². The van der Waals surface area contributed by atoms with E-state index in [2.05, 4.69) is 47.0 Å². The molecule has 0 aliphatic carbocycles. The molecular formula is C21H18Br2N4O3S. The quantitative estimate of drug-likeness (QED) is 0.379. The van der Waals surface area contributed by atoms with Crippen molar-refractivity contribution in [2.45, 2.75) is 25.2 Å². The standard InChI is InChI=1S/C21H18Br2N4O3S/c1-4-31-21-24-19-17(25-26-21)13-7-5-6-8-16(13)27(11(2)28)20(30-19)12-9-14(22)18(29-3)15(23)10-12/h5-10,20H,4H2,1-3H3. The number of fused-ring (bicyclic) bond motifs is 3. The van der Waals surface area contributed by atoms with Gasteiger partial charge < -0.3 is 9.47 Å². The summed E-state index contributed by atoms with van der Waals surface area (Å²) in [6, 6.07) is 11.3. The highest BCUT2D eigenvalue weighted by Gasteiger charge is 2.35. The molecule has 160 valence electrons. The van der Waals surface area contributed by atoms with Crippen molar-refractivity contribution in [2.75, 3.05) is 17.8 Å². The van der Waals surface area contributed by atoms with Gasteiger partial charge in [-0.15, -0.1) is 10.2 Å². The number of aromatic nitrogens is 3. The highest BCUT2D eigenvalue weighted by molar-refractivity contribution is 9.11. The van der Waals surface area contributed by atoms with E-state index in [9.17, 15) is 4.79 Å². The summed E-state index contributed by atoms with van der Waals surface area (Å²) in [4.78, 5) is 19.0. The Morgan fingerprint density at radius 1 is 1.23 bits per heavy atom. The molecule has 0 bridgehead atoms. The molecule has 4 rings (SSSR count). The first-order valence-corrected chi connectivity index (χ1v) is 12.0.